The SMILES string of the molecule is COc1ccc(CCNc2nnc3ccccc3n2)cc1. The maximum Gasteiger partial charge on any atom is 0.243 e. The molecule has 0 saturated carbocycles. The van der Waals surface area contributed by atoms with E-state index in [4.69, 9.17) is 4.74 Å². The zero-order valence-corrected chi connectivity index (χ0v) is 11.8. The van der Waals surface area contributed by atoms with Gasteiger partial charge < -0.3 is 10.1 Å². The van der Waals surface area contributed by atoms with Crippen LogP contribution in [0.1, 0.15) is 5.56 Å². The lowest BCUT2D eigenvalue weighted by atomic mass is 10.1. The van der Waals surface area contributed by atoms with Crippen LogP contribution in [0.4, 0.5) is 5.95 Å². The number of aromatic nitrogens is 3. The first kappa shape index (κ1) is 13.3. The highest BCUT2D eigenvalue weighted by Gasteiger charge is 2.00. The van der Waals surface area contributed by atoms with Gasteiger partial charge >= 0.3 is 0 Å². The third-order valence-electron chi connectivity index (χ3n) is 3.22. The van der Waals surface area contributed by atoms with E-state index in [9.17, 15) is 0 Å². The first-order chi connectivity index (χ1) is 10.3. The number of nitrogens with zero attached hydrogens (tertiary/aromatic N) is 3. The fourth-order valence-electron chi connectivity index (χ4n) is 2.07. The Morgan fingerprint density at radius 3 is 2.48 bits per heavy atom. The van der Waals surface area contributed by atoms with Gasteiger partial charge in [-0.25, -0.2) is 4.98 Å². The smallest absolute Gasteiger partial charge is 0.243 e. The number of ether oxygens (including phenoxy) is 1. The van der Waals surface area contributed by atoms with Gasteiger partial charge in [0.05, 0.1) is 12.6 Å². The minimum atomic E-state index is 0.558. The minimum Gasteiger partial charge on any atom is -0.497 e. The average molecular weight is 280 g/mol. The second kappa shape index (κ2) is 6.17. The van der Waals surface area contributed by atoms with Crippen molar-refractivity contribution < 1.29 is 4.74 Å². The number of fused-ring (bicyclic) bond motifs is 1. The van der Waals surface area contributed by atoms with Crippen LogP contribution in [0, 0.1) is 0 Å². The van der Waals surface area contributed by atoms with Gasteiger partial charge in [0.25, 0.3) is 0 Å². The first-order valence-electron chi connectivity index (χ1n) is 6.81. The predicted molar refractivity (Wildman–Crippen MR) is 82.5 cm³/mol. The Bertz CT molecular complexity index is 728. The molecule has 0 aliphatic rings. The molecule has 1 N–H and O–H groups in total. The molecule has 0 saturated heterocycles. The summed E-state index contributed by atoms with van der Waals surface area (Å²) in [5.74, 6) is 1.43. The van der Waals surface area contributed by atoms with E-state index in [1.807, 2.05) is 36.4 Å². The summed E-state index contributed by atoms with van der Waals surface area (Å²) in [7, 11) is 1.67. The summed E-state index contributed by atoms with van der Waals surface area (Å²) in [5.41, 5.74) is 2.88. The van der Waals surface area contributed by atoms with Crippen molar-refractivity contribution in [3.63, 3.8) is 0 Å². The van der Waals surface area contributed by atoms with Gasteiger partial charge in [0.15, 0.2) is 0 Å². The Morgan fingerprint density at radius 2 is 1.71 bits per heavy atom. The molecule has 3 aromatic rings. The van der Waals surface area contributed by atoms with Crippen LogP contribution in [0.5, 0.6) is 5.75 Å². The third kappa shape index (κ3) is 3.25. The Hall–Kier alpha value is -2.69. The molecule has 0 spiro atoms. The lowest BCUT2D eigenvalue weighted by molar-refractivity contribution is 0.414. The van der Waals surface area contributed by atoms with E-state index in [1.165, 1.54) is 5.56 Å². The maximum atomic E-state index is 5.14. The summed E-state index contributed by atoms with van der Waals surface area (Å²) in [6, 6.07) is 15.7. The van der Waals surface area contributed by atoms with E-state index in [0.29, 0.717) is 5.95 Å². The summed E-state index contributed by atoms with van der Waals surface area (Å²) < 4.78 is 5.14. The number of hydrogen-bond donors (Lipinski definition) is 1. The van der Waals surface area contributed by atoms with E-state index in [1.54, 1.807) is 7.11 Å². The Balaban J connectivity index is 1.60. The van der Waals surface area contributed by atoms with Crippen LogP contribution in [0.15, 0.2) is 48.5 Å². The summed E-state index contributed by atoms with van der Waals surface area (Å²) in [5, 5.41) is 11.4. The van der Waals surface area contributed by atoms with Gasteiger partial charge in [0, 0.05) is 6.54 Å². The van der Waals surface area contributed by atoms with Crippen molar-refractivity contribution in [3.8, 4) is 5.75 Å². The van der Waals surface area contributed by atoms with Crippen molar-refractivity contribution in [2.75, 3.05) is 19.0 Å². The van der Waals surface area contributed by atoms with Crippen molar-refractivity contribution in [3.05, 3.63) is 54.1 Å². The summed E-state index contributed by atoms with van der Waals surface area (Å²) in [4.78, 5) is 4.43. The van der Waals surface area contributed by atoms with E-state index < -0.39 is 0 Å². The van der Waals surface area contributed by atoms with E-state index in [-0.39, 0.29) is 0 Å². The van der Waals surface area contributed by atoms with Crippen molar-refractivity contribution in [1.29, 1.82) is 0 Å². The average Bonchev–Trinajstić information content (AvgIpc) is 2.55. The molecular formula is C16H16N4O. The van der Waals surface area contributed by atoms with Crippen molar-refractivity contribution in [2.45, 2.75) is 6.42 Å². The molecule has 21 heavy (non-hydrogen) atoms. The highest BCUT2D eigenvalue weighted by atomic mass is 16.5. The van der Waals surface area contributed by atoms with Crippen LogP contribution in [-0.2, 0) is 6.42 Å². The second-order valence-corrected chi connectivity index (χ2v) is 4.65. The fourth-order valence-corrected chi connectivity index (χ4v) is 2.07. The second-order valence-electron chi connectivity index (χ2n) is 4.65. The van der Waals surface area contributed by atoms with Crippen LogP contribution in [0.2, 0.25) is 0 Å². The molecular weight excluding hydrogens is 264 g/mol. The zero-order chi connectivity index (χ0) is 14.5. The largest absolute Gasteiger partial charge is 0.497 e. The van der Waals surface area contributed by atoms with Crippen LogP contribution >= 0.6 is 0 Å². The lowest BCUT2D eigenvalue weighted by Crippen LogP contribution is -2.08. The fraction of sp³-hybridized carbons (Fsp3) is 0.188. The molecule has 1 aromatic heterocycles. The van der Waals surface area contributed by atoms with E-state index in [0.717, 1.165) is 29.7 Å². The standard InChI is InChI=1S/C16H16N4O/c1-21-13-8-6-12(7-9-13)10-11-17-16-18-14-4-2-3-5-15(14)19-20-16/h2-9H,10-11H2,1H3,(H,17,18,20). The molecule has 0 atom stereocenters. The van der Waals surface area contributed by atoms with E-state index >= 15 is 0 Å². The number of rotatable bonds is 5. The number of para-hydroxylation sites is 1. The molecule has 0 aliphatic heterocycles. The van der Waals surface area contributed by atoms with Gasteiger partial charge in [-0.3, -0.25) is 0 Å². The molecule has 0 fully saturated rings. The molecule has 2 aromatic carbocycles. The van der Waals surface area contributed by atoms with Crippen LogP contribution in [0.25, 0.3) is 11.0 Å². The number of benzene rings is 2. The predicted octanol–water partition coefficient (Wildman–Crippen LogP) is 2.69. The number of hydrogen-bond acceptors (Lipinski definition) is 5. The molecule has 0 aliphatic carbocycles. The van der Waals surface area contributed by atoms with Gasteiger partial charge in [-0.1, -0.05) is 24.3 Å². The molecule has 5 heteroatoms. The lowest BCUT2D eigenvalue weighted by Gasteiger charge is -2.06. The normalized spacial score (nSPS) is 10.5. The topological polar surface area (TPSA) is 59.9 Å². The molecule has 5 nitrogen and oxygen atoms in total. The Kier molecular flexibility index (Phi) is 3.91. The summed E-state index contributed by atoms with van der Waals surface area (Å²) in [6.45, 7) is 0.756. The third-order valence-corrected chi connectivity index (χ3v) is 3.22. The minimum absolute atomic E-state index is 0.558. The summed E-state index contributed by atoms with van der Waals surface area (Å²) in [6.07, 6.45) is 0.889. The highest BCUT2D eigenvalue weighted by molar-refractivity contribution is 5.73. The van der Waals surface area contributed by atoms with Crippen LogP contribution in [0.3, 0.4) is 0 Å². The first-order valence-corrected chi connectivity index (χ1v) is 6.81. The van der Waals surface area contributed by atoms with Gasteiger partial charge in [-0.05, 0) is 36.2 Å². The van der Waals surface area contributed by atoms with Gasteiger partial charge in [0.1, 0.15) is 11.3 Å². The Morgan fingerprint density at radius 1 is 0.952 bits per heavy atom. The highest BCUT2D eigenvalue weighted by Crippen LogP contribution is 2.12. The van der Waals surface area contributed by atoms with Gasteiger partial charge in [-0.2, -0.15) is 0 Å². The van der Waals surface area contributed by atoms with Gasteiger partial charge in [-0.15, -0.1) is 10.2 Å². The molecule has 0 bridgehead atoms. The number of methoxy groups -OCH3 is 1. The maximum absolute atomic E-state index is 5.14. The Labute approximate surface area is 123 Å². The molecule has 0 unspecified atom stereocenters. The van der Waals surface area contributed by atoms with Crippen LogP contribution in [-0.4, -0.2) is 28.8 Å². The van der Waals surface area contributed by atoms with Crippen molar-refractivity contribution in [1.82, 2.24) is 15.2 Å². The van der Waals surface area contributed by atoms with Crippen LogP contribution < -0.4 is 10.1 Å². The molecule has 106 valence electrons. The van der Waals surface area contributed by atoms with Gasteiger partial charge in [0.2, 0.25) is 5.95 Å². The monoisotopic (exact) mass is 280 g/mol. The van der Waals surface area contributed by atoms with Crippen molar-refractivity contribution >= 4 is 17.0 Å². The number of nitrogens with one attached hydrogen (secondary N) is 1. The molecule has 1 heterocycles. The quantitative estimate of drug-likeness (QED) is 0.778. The van der Waals surface area contributed by atoms with E-state index in [2.05, 4.69) is 32.6 Å². The molecule has 0 radical (unpaired) electrons. The zero-order valence-electron chi connectivity index (χ0n) is 11.8. The summed E-state index contributed by atoms with van der Waals surface area (Å²) >= 11 is 0. The molecule has 3 rings (SSSR count). The van der Waals surface area contributed by atoms with Crippen molar-refractivity contribution in [2.24, 2.45) is 0 Å². The number of anilines is 1. The molecule has 0 amide bonds.